The van der Waals surface area contributed by atoms with Gasteiger partial charge in [-0.1, -0.05) is 80.4 Å². The Bertz CT molecular complexity index is 1050. The first-order valence-corrected chi connectivity index (χ1v) is 9.59. The Kier molecular flexibility index (Phi) is 4.91. The van der Waals surface area contributed by atoms with Gasteiger partial charge >= 0.3 is 0 Å². The van der Waals surface area contributed by atoms with Crippen LogP contribution in [-0.4, -0.2) is 15.0 Å². The SMILES string of the molecule is Brc1cc(Br)cc(-c2ncnc(-c3cccc(-c4ccccc4)c3)n2)c1. The van der Waals surface area contributed by atoms with Gasteiger partial charge in [0.25, 0.3) is 0 Å². The molecule has 0 unspecified atom stereocenters. The second kappa shape index (κ2) is 7.48. The van der Waals surface area contributed by atoms with Gasteiger partial charge in [0, 0.05) is 20.1 Å². The number of hydrogen-bond acceptors (Lipinski definition) is 3. The highest BCUT2D eigenvalue weighted by Gasteiger charge is 2.09. The lowest BCUT2D eigenvalue weighted by Gasteiger charge is -2.07. The molecule has 0 aliphatic heterocycles. The van der Waals surface area contributed by atoms with E-state index in [9.17, 15) is 0 Å². The van der Waals surface area contributed by atoms with E-state index in [-0.39, 0.29) is 0 Å². The quantitative estimate of drug-likeness (QED) is 0.350. The van der Waals surface area contributed by atoms with Crippen molar-refractivity contribution in [3.05, 3.63) is 88.1 Å². The van der Waals surface area contributed by atoms with Crippen LogP contribution in [0.25, 0.3) is 33.9 Å². The summed E-state index contributed by atoms with van der Waals surface area (Å²) in [4.78, 5) is 13.4. The predicted octanol–water partition coefficient (Wildman–Crippen LogP) is 6.40. The molecule has 0 bridgehead atoms. The van der Waals surface area contributed by atoms with E-state index in [0.29, 0.717) is 11.6 Å². The van der Waals surface area contributed by atoms with Crippen LogP contribution in [0.3, 0.4) is 0 Å². The van der Waals surface area contributed by atoms with E-state index in [4.69, 9.17) is 0 Å². The second-order valence-electron chi connectivity index (χ2n) is 5.74. The van der Waals surface area contributed by atoms with Gasteiger partial charge in [-0.2, -0.15) is 0 Å². The molecule has 0 saturated heterocycles. The third kappa shape index (κ3) is 3.74. The van der Waals surface area contributed by atoms with Crippen LogP contribution >= 0.6 is 31.9 Å². The van der Waals surface area contributed by atoms with Crippen LogP contribution < -0.4 is 0 Å². The summed E-state index contributed by atoms with van der Waals surface area (Å²) in [6, 6.07) is 24.5. The number of halogens is 2. The van der Waals surface area contributed by atoms with Crippen LogP contribution in [0.2, 0.25) is 0 Å². The fourth-order valence-electron chi connectivity index (χ4n) is 2.73. The van der Waals surface area contributed by atoms with Crippen LogP contribution in [0.5, 0.6) is 0 Å². The van der Waals surface area contributed by atoms with Crippen LogP contribution in [0.1, 0.15) is 0 Å². The van der Waals surface area contributed by atoms with E-state index < -0.39 is 0 Å². The van der Waals surface area contributed by atoms with Crippen molar-refractivity contribution >= 4 is 31.9 Å². The lowest BCUT2D eigenvalue weighted by atomic mass is 10.0. The molecule has 1 heterocycles. The van der Waals surface area contributed by atoms with E-state index in [1.807, 2.05) is 48.5 Å². The molecule has 4 rings (SSSR count). The number of hydrogen-bond donors (Lipinski definition) is 0. The van der Waals surface area contributed by atoms with Crippen molar-refractivity contribution in [1.29, 1.82) is 0 Å². The smallest absolute Gasteiger partial charge is 0.163 e. The molecule has 0 atom stereocenters. The summed E-state index contributed by atoms with van der Waals surface area (Å²) in [7, 11) is 0. The van der Waals surface area contributed by atoms with Crippen LogP contribution in [-0.2, 0) is 0 Å². The van der Waals surface area contributed by atoms with E-state index in [2.05, 4.69) is 71.1 Å². The topological polar surface area (TPSA) is 38.7 Å². The van der Waals surface area contributed by atoms with Gasteiger partial charge in [-0.15, -0.1) is 0 Å². The molecule has 26 heavy (non-hydrogen) atoms. The zero-order valence-electron chi connectivity index (χ0n) is 13.6. The Morgan fingerprint density at radius 2 is 1.15 bits per heavy atom. The maximum atomic E-state index is 4.67. The van der Waals surface area contributed by atoms with Gasteiger partial charge in [-0.3, -0.25) is 0 Å². The number of benzene rings is 3. The summed E-state index contributed by atoms with van der Waals surface area (Å²) >= 11 is 7.02. The van der Waals surface area contributed by atoms with Gasteiger partial charge in [0.15, 0.2) is 11.6 Å². The summed E-state index contributed by atoms with van der Waals surface area (Å²) in [6.07, 6.45) is 1.56. The zero-order valence-corrected chi connectivity index (χ0v) is 16.8. The summed E-state index contributed by atoms with van der Waals surface area (Å²) < 4.78 is 1.94. The number of aromatic nitrogens is 3. The molecule has 0 aliphatic carbocycles. The first-order chi connectivity index (χ1) is 12.7. The maximum Gasteiger partial charge on any atom is 0.163 e. The lowest BCUT2D eigenvalue weighted by Crippen LogP contribution is -1.95. The summed E-state index contributed by atoms with van der Waals surface area (Å²) in [6.45, 7) is 0. The highest BCUT2D eigenvalue weighted by atomic mass is 79.9. The first-order valence-electron chi connectivity index (χ1n) is 8.00. The Hall–Kier alpha value is -2.37. The Morgan fingerprint density at radius 1 is 0.538 bits per heavy atom. The van der Waals surface area contributed by atoms with E-state index in [1.165, 1.54) is 5.56 Å². The lowest BCUT2D eigenvalue weighted by molar-refractivity contribution is 1.06. The average molecular weight is 467 g/mol. The summed E-state index contributed by atoms with van der Waals surface area (Å²) in [5.41, 5.74) is 4.19. The summed E-state index contributed by atoms with van der Waals surface area (Å²) in [5.74, 6) is 1.30. The van der Waals surface area contributed by atoms with Gasteiger partial charge < -0.3 is 0 Å². The van der Waals surface area contributed by atoms with Crippen LogP contribution in [0.4, 0.5) is 0 Å². The fraction of sp³-hybridized carbons (Fsp3) is 0. The monoisotopic (exact) mass is 465 g/mol. The minimum atomic E-state index is 0.641. The number of rotatable bonds is 3. The van der Waals surface area contributed by atoms with Crippen LogP contribution in [0, 0.1) is 0 Å². The number of nitrogens with zero attached hydrogens (tertiary/aromatic N) is 3. The summed E-state index contributed by atoms with van der Waals surface area (Å²) in [5, 5.41) is 0. The molecule has 0 spiro atoms. The normalized spacial score (nSPS) is 10.7. The molecule has 1 aromatic heterocycles. The van der Waals surface area contributed by atoms with Crippen molar-refractivity contribution in [2.45, 2.75) is 0 Å². The molecule has 0 amide bonds. The molecule has 4 aromatic rings. The molecule has 126 valence electrons. The standard InChI is InChI=1S/C21H13Br2N3/c22-18-10-17(11-19(23)12-18)21-25-13-24-20(26-21)16-8-4-7-15(9-16)14-5-2-1-3-6-14/h1-13H. The van der Waals surface area contributed by atoms with Gasteiger partial charge in [0.05, 0.1) is 0 Å². The molecule has 0 radical (unpaired) electrons. The van der Waals surface area contributed by atoms with E-state index >= 15 is 0 Å². The Labute approximate surface area is 168 Å². The molecule has 0 saturated carbocycles. The molecular formula is C21H13Br2N3. The highest BCUT2D eigenvalue weighted by Crippen LogP contribution is 2.28. The van der Waals surface area contributed by atoms with Crippen molar-refractivity contribution in [2.24, 2.45) is 0 Å². The molecular weight excluding hydrogens is 454 g/mol. The predicted molar refractivity (Wildman–Crippen MR) is 112 cm³/mol. The molecule has 0 fully saturated rings. The van der Waals surface area contributed by atoms with E-state index in [0.717, 1.165) is 25.6 Å². The molecule has 0 N–H and O–H groups in total. The second-order valence-corrected chi connectivity index (χ2v) is 7.57. The third-order valence-corrected chi connectivity index (χ3v) is 4.84. The first kappa shape index (κ1) is 17.1. The minimum Gasteiger partial charge on any atom is -0.217 e. The van der Waals surface area contributed by atoms with Gasteiger partial charge in [-0.25, -0.2) is 15.0 Å². The van der Waals surface area contributed by atoms with Crippen molar-refractivity contribution in [2.75, 3.05) is 0 Å². The zero-order chi connectivity index (χ0) is 17.9. The van der Waals surface area contributed by atoms with Gasteiger partial charge in [0.2, 0.25) is 0 Å². The van der Waals surface area contributed by atoms with Crippen LogP contribution in [0.15, 0.2) is 88.1 Å². The molecule has 0 aliphatic rings. The maximum absolute atomic E-state index is 4.67. The third-order valence-electron chi connectivity index (χ3n) is 3.92. The molecule has 3 aromatic carbocycles. The minimum absolute atomic E-state index is 0.641. The van der Waals surface area contributed by atoms with Crippen molar-refractivity contribution in [3.63, 3.8) is 0 Å². The largest absolute Gasteiger partial charge is 0.217 e. The van der Waals surface area contributed by atoms with Gasteiger partial charge in [-0.05, 0) is 35.4 Å². The van der Waals surface area contributed by atoms with Crippen molar-refractivity contribution < 1.29 is 0 Å². The van der Waals surface area contributed by atoms with E-state index in [1.54, 1.807) is 6.33 Å². The molecule has 3 nitrogen and oxygen atoms in total. The Morgan fingerprint density at radius 3 is 1.88 bits per heavy atom. The average Bonchev–Trinajstić information content (AvgIpc) is 2.68. The highest BCUT2D eigenvalue weighted by molar-refractivity contribution is 9.11. The Balaban J connectivity index is 1.75. The van der Waals surface area contributed by atoms with Gasteiger partial charge in [0.1, 0.15) is 6.33 Å². The van der Waals surface area contributed by atoms with Crippen molar-refractivity contribution in [3.8, 4) is 33.9 Å². The molecule has 5 heteroatoms. The van der Waals surface area contributed by atoms with Crippen molar-refractivity contribution in [1.82, 2.24) is 15.0 Å². The fourth-order valence-corrected chi connectivity index (χ4v) is 4.02.